The number of rotatable bonds is 9. The molecule has 5 rings (SSSR count). The minimum absolute atomic E-state index is 0.140. The van der Waals surface area contributed by atoms with Crippen LogP contribution in [-0.2, 0) is 16.1 Å². The Kier molecular flexibility index (Phi) is 7.83. The largest absolute Gasteiger partial charge is 0.493 e. The van der Waals surface area contributed by atoms with Gasteiger partial charge in [0, 0.05) is 5.70 Å². The van der Waals surface area contributed by atoms with E-state index in [0.29, 0.717) is 16.3 Å². The molecule has 2 aromatic heterocycles. The lowest BCUT2D eigenvalue weighted by Crippen LogP contribution is -2.35. The lowest BCUT2D eigenvalue weighted by Gasteiger charge is -2.20. The van der Waals surface area contributed by atoms with E-state index in [9.17, 15) is 19.7 Å². The van der Waals surface area contributed by atoms with Gasteiger partial charge in [0.15, 0.2) is 16.3 Å². The number of hydrogen-bond donors (Lipinski definition) is 0. The highest BCUT2D eigenvalue weighted by atomic mass is 32.1. The van der Waals surface area contributed by atoms with E-state index >= 15 is 0 Å². The first-order valence-electron chi connectivity index (χ1n) is 12.6. The predicted molar refractivity (Wildman–Crippen MR) is 150 cm³/mol. The zero-order chi connectivity index (χ0) is 29.1. The van der Waals surface area contributed by atoms with Crippen LogP contribution >= 0.6 is 11.3 Å². The van der Waals surface area contributed by atoms with Crippen LogP contribution in [0, 0.1) is 10.1 Å². The van der Waals surface area contributed by atoms with Crippen molar-refractivity contribution < 1.29 is 28.3 Å². The Morgan fingerprint density at radius 3 is 2.63 bits per heavy atom. The van der Waals surface area contributed by atoms with Gasteiger partial charge in [0.25, 0.3) is 11.2 Å². The number of furan rings is 1. The standard InChI is InChI=1S/C29H25N3O8S/c1-4-38-28(34)25-17(2)31-27(33)24(41-29(31)30-26(25)21-11-8-12-39-21)14-19-13-22(37-3)23(15-20(19)32(35)36)40-16-18-9-6-5-7-10-18/h5-15,26H,4,16H2,1-3H3/b24-14-/t26-/m0/s1. The smallest absolute Gasteiger partial charge is 0.338 e. The first kappa shape index (κ1) is 27.6. The Bertz CT molecular complexity index is 1820. The SMILES string of the molecule is CCOC(=O)C1=C(C)n2c(s/c(=C\c3cc(OC)c(OCc4ccccc4)cc3[N+](=O)[O-])c2=O)=N[C@H]1c1ccco1. The van der Waals surface area contributed by atoms with E-state index in [2.05, 4.69) is 4.99 Å². The summed E-state index contributed by atoms with van der Waals surface area (Å²) in [4.78, 5) is 42.9. The van der Waals surface area contributed by atoms with Crippen molar-refractivity contribution in [2.75, 3.05) is 13.7 Å². The average Bonchev–Trinajstić information content (AvgIpc) is 3.61. The topological polar surface area (TPSA) is 135 Å². The second-order valence-electron chi connectivity index (χ2n) is 8.89. The summed E-state index contributed by atoms with van der Waals surface area (Å²) in [6, 6.07) is 14.6. The van der Waals surface area contributed by atoms with Crippen molar-refractivity contribution in [2.24, 2.45) is 4.99 Å². The Morgan fingerprint density at radius 1 is 1.20 bits per heavy atom. The van der Waals surface area contributed by atoms with Crippen LogP contribution in [0.25, 0.3) is 11.8 Å². The molecule has 12 heteroatoms. The molecule has 0 fully saturated rings. The number of allylic oxidation sites excluding steroid dienone is 1. The van der Waals surface area contributed by atoms with Crippen LogP contribution in [0.5, 0.6) is 11.5 Å². The molecule has 4 aromatic rings. The van der Waals surface area contributed by atoms with Crippen molar-refractivity contribution >= 4 is 34.8 Å². The van der Waals surface area contributed by atoms with Crippen molar-refractivity contribution in [2.45, 2.75) is 26.5 Å². The zero-order valence-electron chi connectivity index (χ0n) is 22.4. The fourth-order valence-electron chi connectivity index (χ4n) is 4.46. The van der Waals surface area contributed by atoms with Gasteiger partial charge in [-0.05, 0) is 43.7 Å². The van der Waals surface area contributed by atoms with Crippen LogP contribution in [0.4, 0.5) is 5.69 Å². The molecule has 0 N–H and O–H groups in total. The van der Waals surface area contributed by atoms with Crippen LogP contribution in [0.2, 0.25) is 0 Å². The molecular weight excluding hydrogens is 550 g/mol. The quantitative estimate of drug-likeness (QED) is 0.166. The lowest BCUT2D eigenvalue weighted by molar-refractivity contribution is -0.385. The molecule has 0 amide bonds. The minimum atomic E-state index is -0.814. The first-order valence-corrected chi connectivity index (χ1v) is 13.4. The molecule has 1 aliphatic rings. The summed E-state index contributed by atoms with van der Waals surface area (Å²) < 4.78 is 23.6. The Hall–Kier alpha value is -4.97. The molecule has 0 aliphatic carbocycles. The van der Waals surface area contributed by atoms with Gasteiger partial charge in [-0.1, -0.05) is 41.7 Å². The minimum Gasteiger partial charge on any atom is -0.493 e. The van der Waals surface area contributed by atoms with Crippen molar-refractivity contribution in [3.05, 3.63) is 113 Å². The Labute approximate surface area is 237 Å². The number of nitro groups is 1. The van der Waals surface area contributed by atoms with Gasteiger partial charge < -0.3 is 18.6 Å². The summed E-state index contributed by atoms with van der Waals surface area (Å²) in [6.45, 7) is 3.64. The molecule has 1 atom stereocenters. The number of esters is 1. The van der Waals surface area contributed by atoms with Crippen LogP contribution in [-0.4, -0.2) is 29.2 Å². The normalized spacial score (nSPS) is 14.8. The third-order valence-electron chi connectivity index (χ3n) is 6.39. The summed E-state index contributed by atoms with van der Waals surface area (Å²) in [5, 5.41) is 12.0. The number of carbonyl (C=O) groups is 1. The highest BCUT2D eigenvalue weighted by Gasteiger charge is 2.33. The molecule has 0 bridgehead atoms. The maximum absolute atomic E-state index is 13.6. The summed E-state index contributed by atoms with van der Waals surface area (Å²) in [5.74, 6) is 0.256. The molecule has 2 aromatic carbocycles. The zero-order valence-corrected chi connectivity index (χ0v) is 23.2. The van der Waals surface area contributed by atoms with E-state index < -0.39 is 22.5 Å². The second-order valence-corrected chi connectivity index (χ2v) is 9.90. The van der Waals surface area contributed by atoms with Crippen molar-refractivity contribution in [1.29, 1.82) is 0 Å². The van der Waals surface area contributed by atoms with Crippen molar-refractivity contribution in [3.63, 3.8) is 0 Å². The predicted octanol–water partition coefficient (Wildman–Crippen LogP) is 4.00. The number of aromatic nitrogens is 1. The fraction of sp³-hybridized carbons (Fsp3) is 0.207. The third-order valence-corrected chi connectivity index (χ3v) is 7.37. The molecule has 3 heterocycles. The van der Waals surface area contributed by atoms with E-state index in [-0.39, 0.29) is 46.1 Å². The Morgan fingerprint density at radius 2 is 1.98 bits per heavy atom. The molecule has 0 saturated heterocycles. The maximum Gasteiger partial charge on any atom is 0.338 e. The number of ether oxygens (including phenoxy) is 3. The average molecular weight is 576 g/mol. The molecule has 0 radical (unpaired) electrons. The molecule has 1 aliphatic heterocycles. The van der Waals surface area contributed by atoms with Crippen molar-refractivity contribution in [3.8, 4) is 11.5 Å². The molecule has 210 valence electrons. The van der Waals surface area contributed by atoms with Gasteiger partial charge in [-0.2, -0.15) is 0 Å². The highest BCUT2D eigenvalue weighted by molar-refractivity contribution is 7.07. The van der Waals surface area contributed by atoms with E-state index in [1.165, 1.54) is 36.1 Å². The van der Waals surface area contributed by atoms with Crippen LogP contribution in [0.3, 0.4) is 0 Å². The number of nitrogens with zero attached hydrogens (tertiary/aromatic N) is 3. The molecular formula is C29H25N3O8S. The van der Waals surface area contributed by atoms with Crippen molar-refractivity contribution in [1.82, 2.24) is 4.57 Å². The summed E-state index contributed by atoms with van der Waals surface area (Å²) in [6.07, 6.45) is 2.88. The maximum atomic E-state index is 13.6. The van der Waals surface area contributed by atoms with E-state index in [1.54, 1.807) is 26.0 Å². The van der Waals surface area contributed by atoms with Gasteiger partial charge in [-0.15, -0.1) is 0 Å². The Balaban J connectivity index is 1.63. The highest BCUT2D eigenvalue weighted by Crippen LogP contribution is 2.36. The second kappa shape index (κ2) is 11.6. The number of nitro benzene ring substituents is 1. The van der Waals surface area contributed by atoms with Crippen LogP contribution < -0.4 is 24.4 Å². The van der Waals surface area contributed by atoms with E-state index in [0.717, 1.165) is 16.9 Å². The van der Waals surface area contributed by atoms with Gasteiger partial charge in [-0.25, -0.2) is 9.79 Å². The van der Waals surface area contributed by atoms with Gasteiger partial charge in [0.2, 0.25) is 0 Å². The number of carbonyl (C=O) groups excluding carboxylic acids is 1. The van der Waals surface area contributed by atoms with Crippen LogP contribution in [0.15, 0.2) is 80.6 Å². The summed E-state index contributed by atoms with van der Waals surface area (Å²) in [7, 11) is 1.43. The molecule has 11 nitrogen and oxygen atoms in total. The monoisotopic (exact) mass is 575 g/mol. The number of methoxy groups -OCH3 is 1. The fourth-order valence-corrected chi connectivity index (χ4v) is 5.49. The van der Waals surface area contributed by atoms with Gasteiger partial charge in [0.1, 0.15) is 18.4 Å². The van der Waals surface area contributed by atoms with E-state index in [4.69, 9.17) is 18.6 Å². The first-order chi connectivity index (χ1) is 19.8. The molecule has 0 unspecified atom stereocenters. The summed E-state index contributed by atoms with van der Waals surface area (Å²) in [5.41, 5.74) is 0.788. The third kappa shape index (κ3) is 5.41. The molecule has 0 saturated carbocycles. The number of fused-ring (bicyclic) bond motifs is 1. The van der Waals surface area contributed by atoms with Crippen LogP contribution in [0.1, 0.15) is 36.8 Å². The molecule has 0 spiro atoms. The van der Waals surface area contributed by atoms with Gasteiger partial charge in [-0.3, -0.25) is 19.5 Å². The number of benzene rings is 2. The summed E-state index contributed by atoms with van der Waals surface area (Å²) >= 11 is 1.04. The lowest BCUT2D eigenvalue weighted by atomic mass is 10.0. The molecule has 41 heavy (non-hydrogen) atoms. The number of thiazole rings is 1. The van der Waals surface area contributed by atoms with E-state index in [1.807, 2.05) is 30.3 Å². The van der Waals surface area contributed by atoms with Gasteiger partial charge in [0.05, 0.1) is 46.6 Å². The van der Waals surface area contributed by atoms with Gasteiger partial charge >= 0.3 is 5.97 Å². The number of hydrogen-bond acceptors (Lipinski definition) is 10.